The highest BCUT2D eigenvalue weighted by Crippen LogP contribution is 2.20. The summed E-state index contributed by atoms with van der Waals surface area (Å²) in [5, 5.41) is 14.6. The third-order valence-corrected chi connectivity index (χ3v) is 3.11. The second kappa shape index (κ2) is 5.93. The molecule has 3 N–H and O–H groups in total. The average molecular weight is 285 g/mol. The van der Waals surface area contributed by atoms with Gasteiger partial charge in [0, 0.05) is 17.3 Å². The fourth-order valence-corrected chi connectivity index (χ4v) is 1.40. The van der Waals surface area contributed by atoms with Crippen molar-refractivity contribution in [2.75, 3.05) is 11.9 Å². The summed E-state index contributed by atoms with van der Waals surface area (Å²) >= 11 is 5.94. The van der Waals surface area contributed by atoms with Crippen molar-refractivity contribution in [3.63, 3.8) is 0 Å². The van der Waals surface area contributed by atoms with Gasteiger partial charge in [-0.2, -0.15) is 0 Å². The third-order valence-electron chi connectivity index (χ3n) is 2.70. The van der Waals surface area contributed by atoms with Gasteiger partial charge in [0.2, 0.25) is 0 Å². The van der Waals surface area contributed by atoms with Gasteiger partial charge in [-0.3, -0.25) is 4.79 Å². The van der Waals surface area contributed by atoms with Gasteiger partial charge in [-0.25, -0.2) is 4.79 Å². The largest absolute Gasteiger partial charge is 0.481 e. The maximum absolute atomic E-state index is 11.6. The van der Waals surface area contributed by atoms with Crippen molar-refractivity contribution in [2.45, 2.75) is 20.8 Å². The van der Waals surface area contributed by atoms with E-state index in [1.807, 2.05) is 6.92 Å². The first kappa shape index (κ1) is 15.3. The number of carboxylic acid groups (broad SMARTS) is 1. The predicted molar refractivity (Wildman–Crippen MR) is 74.6 cm³/mol. The average Bonchev–Trinajstić information content (AvgIpc) is 2.31. The molecule has 0 aliphatic rings. The Hall–Kier alpha value is -1.75. The van der Waals surface area contributed by atoms with Crippen LogP contribution in [0.5, 0.6) is 0 Å². The molecule has 0 unspecified atom stereocenters. The third kappa shape index (κ3) is 4.44. The van der Waals surface area contributed by atoms with Crippen LogP contribution in [-0.2, 0) is 4.79 Å². The van der Waals surface area contributed by atoms with E-state index in [0.717, 1.165) is 5.56 Å². The fourth-order valence-electron chi connectivity index (χ4n) is 1.22. The smallest absolute Gasteiger partial charge is 0.319 e. The molecule has 19 heavy (non-hydrogen) atoms. The van der Waals surface area contributed by atoms with Gasteiger partial charge in [-0.05, 0) is 38.5 Å². The van der Waals surface area contributed by atoms with E-state index >= 15 is 0 Å². The zero-order valence-corrected chi connectivity index (χ0v) is 11.8. The van der Waals surface area contributed by atoms with Gasteiger partial charge in [0.25, 0.3) is 0 Å². The molecule has 0 aliphatic carbocycles. The van der Waals surface area contributed by atoms with E-state index in [4.69, 9.17) is 16.7 Å². The summed E-state index contributed by atoms with van der Waals surface area (Å²) in [4.78, 5) is 22.5. The molecule has 0 aliphatic heterocycles. The Morgan fingerprint density at radius 2 is 2.00 bits per heavy atom. The fraction of sp³-hybridized carbons (Fsp3) is 0.385. The van der Waals surface area contributed by atoms with Crippen LogP contribution in [0.15, 0.2) is 18.2 Å². The number of hydrogen-bond acceptors (Lipinski definition) is 2. The maximum Gasteiger partial charge on any atom is 0.319 e. The molecule has 0 saturated carbocycles. The molecule has 1 aromatic rings. The summed E-state index contributed by atoms with van der Waals surface area (Å²) < 4.78 is 0. The van der Waals surface area contributed by atoms with E-state index < -0.39 is 17.4 Å². The van der Waals surface area contributed by atoms with Crippen LogP contribution in [0, 0.1) is 12.3 Å². The first-order chi connectivity index (χ1) is 8.72. The standard InChI is InChI=1S/C13H17ClN2O3/c1-8-4-5-9(6-10(8)14)16-12(19)15-7-13(2,3)11(17)18/h4-6H,7H2,1-3H3,(H,17,18)(H2,15,16,19). The first-order valence-electron chi connectivity index (χ1n) is 5.77. The van der Waals surface area contributed by atoms with E-state index in [-0.39, 0.29) is 6.54 Å². The molecule has 6 heteroatoms. The Balaban J connectivity index is 2.56. The number of carboxylic acids is 1. The van der Waals surface area contributed by atoms with Crippen molar-refractivity contribution in [3.8, 4) is 0 Å². The van der Waals surface area contributed by atoms with E-state index in [2.05, 4.69) is 10.6 Å². The molecule has 0 saturated heterocycles. The van der Waals surface area contributed by atoms with Gasteiger partial charge >= 0.3 is 12.0 Å². The van der Waals surface area contributed by atoms with Gasteiger partial charge in [0.15, 0.2) is 0 Å². The topological polar surface area (TPSA) is 78.4 Å². The lowest BCUT2D eigenvalue weighted by Crippen LogP contribution is -2.40. The number of nitrogens with one attached hydrogen (secondary N) is 2. The van der Waals surface area contributed by atoms with Gasteiger partial charge in [-0.1, -0.05) is 17.7 Å². The lowest BCUT2D eigenvalue weighted by molar-refractivity contribution is -0.146. The van der Waals surface area contributed by atoms with Crippen molar-refractivity contribution in [2.24, 2.45) is 5.41 Å². The van der Waals surface area contributed by atoms with Crippen LogP contribution in [0.2, 0.25) is 5.02 Å². The SMILES string of the molecule is Cc1ccc(NC(=O)NCC(C)(C)C(=O)O)cc1Cl. The number of hydrogen-bond donors (Lipinski definition) is 3. The van der Waals surface area contributed by atoms with Crippen LogP contribution < -0.4 is 10.6 Å². The lowest BCUT2D eigenvalue weighted by Gasteiger charge is -2.19. The Kier molecular flexibility index (Phi) is 4.78. The number of carbonyl (C=O) groups is 2. The monoisotopic (exact) mass is 284 g/mol. The quantitative estimate of drug-likeness (QED) is 0.795. The van der Waals surface area contributed by atoms with Crippen LogP contribution in [0.25, 0.3) is 0 Å². The molecule has 1 aromatic carbocycles. The summed E-state index contributed by atoms with van der Waals surface area (Å²) in [5.41, 5.74) is 0.461. The Bertz CT molecular complexity index is 501. The summed E-state index contributed by atoms with van der Waals surface area (Å²) in [6.07, 6.45) is 0. The molecule has 104 valence electrons. The van der Waals surface area contributed by atoms with Crippen molar-refractivity contribution in [1.29, 1.82) is 0 Å². The second-order valence-corrected chi connectivity index (χ2v) is 5.37. The number of anilines is 1. The lowest BCUT2D eigenvalue weighted by atomic mass is 9.94. The number of carbonyl (C=O) groups excluding carboxylic acids is 1. The maximum atomic E-state index is 11.6. The zero-order chi connectivity index (χ0) is 14.6. The number of benzene rings is 1. The minimum Gasteiger partial charge on any atom is -0.481 e. The molecule has 0 aromatic heterocycles. The molecule has 2 amide bonds. The molecule has 1 rings (SSSR count). The van der Waals surface area contributed by atoms with Gasteiger partial charge in [0.05, 0.1) is 5.41 Å². The second-order valence-electron chi connectivity index (χ2n) is 4.96. The Morgan fingerprint density at radius 3 is 2.53 bits per heavy atom. The van der Waals surface area contributed by atoms with Crippen molar-refractivity contribution in [1.82, 2.24) is 5.32 Å². The minimum atomic E-state index is -1.01. The normalized spacial score (nSPS) is 10.9. The van der Waals surface area contributed by atoms with Crippen molar-refractivity contribution in [3.05, 3.63) is 28.8 Å². The highest BCUT2D eigenvalue weighted by molar-refractivity contribution is 6.31. The number of urea groups is 1. The van der Waals surface area contributed by atoms with E-state index in [1.165, 1.54) is 0 Å². The number of rotatable bonds is 4. The zero-order valence-electron chi connectivity index (χ0n) is 11.1. The molecular weight excluding hydrogens is 268 g/mol. The van der Waals surface area contributed by atoms with E-state index in [0.29, 0.717) is 10.7 Å². The van der Waals surface area contributed by atoms with Crippen molar-refractivity contribution >= 4 is 29.3 Å². The Morgan fingerprint density at radius 1 is 1.37 bits per heavy atom. The highest BCUT2D eigenvalue weighted by atomic mass is 35.5. The van der Waals surface area contributed by atoms with E-state index in [9.17, 15) is 9.59 Å². The summed E-state index contributed by atoms with van der Waals surface area (Å²) in [7, 11) is 0. The number of amides is 2. The Labute approximate surface area is 117 Å². The summed E-state index contributed by atoms with van der Waals surface area (Å²) in [6, 6.07) is 4.69. The van der Waals surface area contributed by atoms with Gasteiger partial charge in [0.1, 0.15) is 0 Å². The molecule has 0 spiro atoms. The first-order valence-corrected chi connectivity index (χ1v) is 6.14. The highest BCUT2D eigenvalue weighted by Gasteiger charge is 2.27. The molecule has 0 heterocycles. The molecule has 5 nitrogen and oxygen atoms in total. The van der Waals surface area contributed by atoms with Gasteiger partial charge < -0.3 is 15.7 Å². The van der Waals surface area contributed by atoms with Crippen LogP contribution >= 0.6 is 11.6 Å². The number of halogens is 1. The summed E-state index contributed by atoms with van der Waals surface area (Å²) in [6.45, 7) is 4.98. The molecule has 0 atom stereocenters. The number of aliphatic carboxylic acids is 1. The van der Waals surface area contributed by atoms with Crippen LogP contribution in [0.1, 0.15) is 19.4 Å². The van der Waals surface area contributed by atoms with Crippen LogP contribution in [0.3, 0.4) is 0 Å². The van der Waals surface area contributed by atoms with Gasteiger partial charge in [-0.15, -0.1) is 0 Å². The predicted octanol–water partition coefficient (Wildman–Crippen LogP) is 2.88. The number of aryl methyl sites for hydroxylation is 1. The minimum absolute atomic E-state index is 0.0355. The van der Waals surface area contributed by atoms with Crippen LogP contribution in [-0.4, -0.2) is 23.7 Å². The molecule has 0 fully saturated rings. The molecular formula is C13H17ClN2O3. The molecule has 0 radical (unpaired) electrons. The van der Waals surface area contributed by atoms with Crippen molar-refractivity contribution < 1.29 is 14.7 Å². The van der Waals surface area contributed by atoms with E-state index in [1.54, 1.807) is 32.0 Å². The van der Waals surface area contributed by atoms with Crippen LogP contribution in [0.4, 0.5) is 10.5 Å². The summed E-state index contributed by atoms with van der Waals surface area (Å²) in [5.74, 6) is -0.966. The molecule has 0 bridgehead atoms.